The van der Waals surface area contributed by atoms with E-state index in [4.69, 9.17) is 22.7 Å². The molecule has 0 saturated heterocycles. The van der Waals surface area contributed by atoms with Gasteiger partial charge in [-0.15, -0.1) is 0 Å². The Kier molecular flexibility index (Phi) is 5.25. The van der Waals surface area contributed by atoms with E-state index in [1.54, 1.807) is 31.2 Å². The van der Waals surface area contributed by atoms with Crippen molar-refractivity contribution in [3.63, 3.8) is 0 Å². The van der Waals surface area contributed by atoms with Crippen LogP contribution in [0.4, 0.5) is 5.69 Å². The first-order valence-electron chi connectivity index (χ1n) is 5.76. The summed E-state index contributed by atoms with van der Waals surface area (Å²) in [5, 5.41) is 2.76. The number of carbonyl (C=O) groups is 1. The molecule has 98 valence electrons. The largest absolute Gasteiger partial charge is 0.389 e. The molecule has 0 fully saturated rings. The first-order chi connectivity index (χ1) is 8.40. The number of nitrogens with one attached hydrogen (secondary N) is 1. The second kappa shape index (κ2) is 6.47. The molecule has 0 heterocycles. The van der Waals surface area contributed by atoms with E-state index in [1.165, 1.54) is 0 Å². The number of carbonyl (C=O) groups excluding carboxylic acids is 1. The van der Waals surface area contributed by atoms with E-state index in [0.29, 0.717) is 10.7 Å². The molecule has 0 aliphatic carbocycles. The zero-order chi connectivity index (χ0) is 13.7. The number of amides is 1. The van der Waals surface area contributed by atoms with E-state index in [1.807, 2.05) is 13.8 Å². The highest BCUT2D eigenvalue weighted by molar-refractivity contribution is 7.80. The molecule has 1 rings (SSSR count). The normalized spacial score (nSPS) is 12.2. The van der Waals surface area contributed by atoms with Crippen LogP contribution in [-0.2, 0) is 9.53 Å². The number of rotatable bonds is 5. The van der Waals surface area contributed by atoms with Crippen LogP contribution in [0.3, 0.4) is 0 Å². The van der Waals surface area contributed by atoms with Crippen LogP contribution in [0.15, 0.2) is 24.3 Å². The lowest BCUT2D eigenvalue weighted by Crippen LogP contribution is -2.30. The highest BCUT2D eigenvalue weighted by Gasteiger charge is 2.15. The van der Waals surface area contributed by atoms with Crippen molar-refractivity contribution in [1.29, 1.82) is 0 Å². The maximum Gasteiger partial charge on any atom is 0.253 e. The maximum absolute atomic E-state index is 11.8. The second-order valence-electron chi connectivity index (χ2n) is 4.26. The lowest BCUT2D eigenvalue weighted by atomic mass is 10.2. The van der Waals surface area contributed by atoms with Crippen molar-refractivity contribution in [1.82, 2.24) is 0 Å². The Morgan fingerprint density at radius 3 is 2.61 bits per heavy atom. The number of nitrogens with two attached hydrogens (primary N) is 1. The Hall–Kier alpha value is -1.46. The molecule has 0 aliphatic heterocycles. The predicted octanol–water partition coefficient (Wildman–Crippen LogP) is 2.07. The average Bonchev–Trinajstić information content (AvgIpc) is 2.28. The van der Waals surface area contributed by atoms with Crippen LogP contribution in [0.25, 0.3) is 0 Å². The van der Waals surface area contributed by atoms with Gasteiger partial charge < -0.3 is 15.8 Å². The summed E-state index contributed by atoms with van der Waals surface area (Å²) in [6, 6.07) is 7.11. The van der Waals surface area contributed by atoms with Crippen LogP contribution in [0.5, 0.6) is 0 Å². The highest BCUT2D eigenvalue weighted by Crippen LogP contribution is 2.11. The summed E-state index contributed by atoms with van der Waals surface area (Å²) in [6.07, 6.45) is -0.493. The molecule has 1 atom stereocenters. The number of ether oxygens (including phenoxy) is 1. The third-order valence-corrected chi connectivity index (χ3v) is 2.50. The minimum Gasteiger partial charge on any atom is -0.389 e. The molecule has 1 amide bonds. The van der Waals surface area contributed by atoms with Gasteiger partial charge in [0, 0.05) is 11.3 Å². The molecule has 1 aromatic rings. The fourth-order valence-electron chi connectivity index (χ4n) is 1.46. The summed E-state index contributed by atoms with van der Waals surface area (Å²) >= 11 is 4.88. The molecule has 1 unspecified atom stereocenters. The topological polar surface area (TPSA) is 64.3 Å². The number of hydrogen-bond donors (Lipinski definition) is 2. The molecule has 5 heteroatoms. The van der Waals surface area contributed by atoms with Crippen LogP contribution in [0.1, 0.15) is 26.3 Å². The van der Waals surface area contributed by atoms with E-state index in [0.717, 1.165) is 5.56 Å². The third kappa shape index (κ3) is 4.43. The first-order valence-corrected chi connectivity index (χ1v) is 6.17. The summed E-state index contributed by atoms with van der Waals surface area (Å²) in [4.78, 5) is 12.1. The molecule has 18 heavy (non-hydrogen) atoms. The lowest BCUT2D eigenvalue weighted by molar-refractivity contribution is -0.128. The zero-order valence-corrected chi connectivity index (χ0v) is 11.6. The Balaban J connectivity index is 2.70. The SMILES string of the molecule is CC(C)OC(C)C(=O)Nc1cccc(C(N)=S)c1. The number of thiocarbonyl (C=S) groups is 1. The minimum absolute atomic E-state index is 0.00806. The van der Waals surface area contributed by atoms with Crippen LogP contribution in [0.2, 0.25) is 0 Å². The summed E-state index contributed by atoms with van der Waals surface area (Å²) in [7, 11) is 0. The van der Waals surface area contributed by atoms with Gasteiger partial charge in [-0.2, -0.15) is 0 Å². The van der Waals surface area contributed by atoms with Gasteiger partial charge in [0.1, 0.15) is 11.1 Å². The molecule has 0 aromatic heterocycles. The number of anilines is 1. The summed E-state index contributed by atoms with van der Waals surface area (Å²) < 4.78 is 5.40. The molecule has 0 saturated carbocycles. The van der Waals surface area contributed by atoms with Crippen molar-refractivity contribution in [2.75, 3.05) is 5.32 Å². The Bertz CT molecular complexity index is 446. The van der Waals surface area contributed by atoms with E-state index >= 15 is 0 Å². The molecular weight excluding hydrogens is 248 g/mol. The van der Waals surface area contributed by atoms with E-state index in [-0.39, 0.29) is 12.0 Å². The molecule has 3 N–H and O–H groups in total. The van der Waals surface area contributed by atoms with E-state index in [9.17, 15) is 4.79 Å². The Labute approximate surface area is 113 Å². The highest BCUT2D eigenvalue weighted by atomic mass is 32.1. The van der Waals surface area contributed by atoms with Crippen molar-refractivity contribution in [2.24, 2.45) is 5.73 Å². The van der Waals surface area contributed by atoms with Crippen molar-refractivity contribution in [3.8, 4) is 0 Å². The number of hydrogen-bond acceptors (Lipinski definition) is 3. The molecule has 1 aromatic carbocycles. The standard InChI is InChI=1S/C13H18N2O2S/c1-8(2)17-9(3)13(16)15-11-6-4-5-10(7-11)12(14)18/h4-9H,1-3H3,(H2,14,18)(H,15,16). The van der Waals surface area contributed by atoms with Gasteiger partial charge in [-0.05, 0) is 32.9 Å². The molecule has 0 bridgehead atoms. The minimum atomic E-state index is -0.501. The second-order valence-corrected chi connectivity index (χ2v) is 4.70. The van der Waals surface area contributed by atoms with Gasteiger partial charge in [0.05, 0.1) is 6.10 Å². The Morgan fingerprint density at radius 2 is 2.06 bits per heavy atom. The Morgan fingerprint density at radius 1 is 1.39 bits per heavy atom. The van der Waals surface area contributed by atoms with Crippen molar-refractivity contribution < 1.29 is 9.53 Å². The molecule has 4 nitrogen and oxygen atoms in total. The van der Waals surface area contributed by atoms with Gasteiger partial charge >= 0.3 is 0 Å². The summed E-state index contributed by atoms with van der Waals surface area (Å²) in [5.74, 6) is -0.191. The van der Waals surface area contributed by atoms with Gasteiger partial charge in [0.2, 0.25) is 0 Å². The summed E-state index contributed by atoms with van der Waals surface area (Å²) in [6.45, 7) is 5.49. The van der Waals surface area contributed by atoms with Crippen molar-refractivity contribution in [2.45, 2.75) is 33.0 Å². The van der Waals surface area contributed by atoms with Gasteiger partial charge in [-0.3, -0.25) is 4.79 Å². The van der Waals surface area contributed by atoms with Crippen LogP contribution < -0.4 is 11.1 Å². The lowest BCUT2D eigenvalue weighted by Gasteiger charge is -2.16. The van der Waals surface area contributed by atoms with Crippen molar-refractivity contribution in [3.05, 3.63) is 29.8 Å². The van der Waals surface area contributed by atoms with Gasteiger partial charge in [0.25, 0.3) is 5.91 Å². The monoisotopic (exact) mass is 266 g/mol. The zero-order valence-electron chi connectivity index (χ0n) is 10.8. The van der Waals surface area contributed by atoms with Crippen LogP contribution in [0, 0.1) is 0 Å². The molecule has 0 radical (unpaired) electrons. The maximum atomic E-state index is 11.8. The molecule has 0 aliphatic rings. The van der Waals surface area contributed by atoms with E-state index in [2.05, 4.69) is 5.32 Å². The predicted molar refractivity (Wildman–Crippen MR) is 76.6 cm³/mol. The van der Waals surface area contributed by atoms with Crippen LogP contribution >= 0.6 is 12.2 Å². The fourth-order valence-corrected chi connectivity index (χ4v) is 1.59. The smallest absolute Gasteiger partial charge is 0.253 e. The fraction of sp³-hybridized carbons (Fsp3) is 0.385. The van der Waals surface area contributed by atoms with E-state index < -0.39 is 6.10 Å². The average molecular weight is 266 g/mol. The van der Waals surface area contributed by atoms with Gasteiger partial charge in [-0.25, -0.2) is 0 Å². The van der Waals surface area contributed by atoms with Crippen LogP contribution in [-0.4, -0.2) is 23.1 Å². The molecular formula is C13H18N2O2S. The molecule has 0 spiro atoms. The number of benzene rings is 1. The first kappa shape index (κ1) is 14.6. The van der Waals surface area contributed by atoms with Gasteiger partial charge in [0.15, 0.2) is 0 Å². The quantitative estimate of drug-likeness (QED) is 0.801. The third-order valence-electron chi connectivity index (χ3n) is 2.26. The van der Waals surface area contributed by atoms with Gasteiger partial charge in [-0.1, -0.05) is 24.4 Å². The summed E-state index contributed by atoms with van der Waals surface area (Å²) in [5.41, 5.74) is 6.91. The van der Waals surface area contributed by atoms with Crippen molar-refractivity contribution >= 4 is 28.8 Å².